The molecule has 0 amide bonds. The zero-order valence-electron chi connectivity index (χ0n) is 10.9. The zero-order chi connectivity index (χ0) is 14.2. The van der Waals surface area contributed by atoms with E-state index in [-0.39, 0.29) is 17.5 Å². The third-order valence-corrected chi connectivity index (χ3v) is 5.53. The van der Waals surface area contributed by atoms with Crippen LogP contribution < -0.4 is 14.8 Å². The van der Waals surface area contributed by atoms with Crippen molar-refractivity contribution in [2.75, 3.05) is 24.7 Å². The summed E-state index contributed by atoms with van der Waals surface area (Å²) in [5.74, 6) is 1.72. The molecule has 1 saturated heterocycles. The molecule has 0 bridgehead atoms. The summed E-state index contributed by atoms with van der Waals surface area (Å²) in [6, 6.07) is 3.73. The number of fused-ring (bicyclic) bond motifs is 1. The van der Waals surface area contributed by atoms with E-state index in [0.29, 0.717) is 42.7 Å². The van der Waals surface area contributed by atoms with E-state index >= 15 is 0 Å². The molecular weight excluding hydrogens is 302 g/mol. The summed E-state index contributed by atoms with van der Waals surface area (Å²) in [6.07, 6.45) is 0.667. The Hall–Kier alpha value is -0.980. The molecular formula is C13H16ClNO4S. The molecule has 7 heteroatoms. The third-order valence-electron chi connectivity index (χ3n) is 3.48. The second-order valence-electron chi connectivity index (χ2n) is 5.08. The molecule has 5 nitrogen and oxygen atoms in total. The smallest absolute Gasteiger partial charge is 0.179 e. The lowest BCUT2D eigenvalue weighted by atomic mass is 10.1. The second kappa shape index (κ2) is 5.42. The van der Waals surface area contributed by atoms with Gasteiger partial charge in [-0.25, -0.2) is 8.42 Å². The fraction of sp³-hybridized carbons (Fsp3) is 0.538. The Bertz CT molecular complexity index is 617. The number of sulfone groups is 1. The van der Waals surface area contributed by atoms with Gasteiger partial charge in [0, 0.05) is 12.6 Å². The first-order chi connectivity index (χ1) is 9.53. The Kier molecular flexibility index (Phi) is 3.79. The van der Waals surface area contributed by atoms with Gasteiger partial charge < -0.3 is 14.8 Å². The van der Waals surface area contributed by atoms with Gasteiger partial charge in [-0.3, -0.25) is 0 Å². The molecule has 1 atom stereocenters. The average Bonchev–Trinajstić information content (AvgIpc) is 2.76. The minimum absolute atomic E-state index is 0.0203. The molecule has 0 spiro atoms. The van der Waals surface area contributed by atoms with Gasteiger partial charge >= 0.3 is 0 Å². The summed E-state index contributed by atoms with van der Waals surface area (Å²) in [5, 5.41) is 3.78. The van der Waals surface area contributed by atoms with Crippen LogP contribution in [0.25, 0.3) is 0 Å². The molecule has 2 heterocycles. The Morgan fingerprint density at radius 2 is 2.10 bits per heavy atom. The molecule has 0 saturated carbocycles. The molecule has 0 aliphatic carbocycles. The lowest BCUT2D eigenvalue weighted by molar-refractivity contribution is 0.171. The fourth-order valence-electron chi connectivity index (χ4n) is 2.48. The van der Waals surface area contributed by atoms with E-state index in [1.54, 1.807) is 0 Å². The summed E-state index contributed by atoms with van der Waals surface area (Å²) in [6.45, 7) is 1.59. The highest BCUT2D eigenvalue weighted by molar-refractivity contribution is 7.91. The predicted octanol–water partition coefficient (Wildman–Crippen LogP) is 1.39. The molecule has 1 fully saturated rings. The number of hydrogen-bond donors (Lipinski definition) is 1. The van der Waals surface area contributed by atoms with Crippen LogP contribution in [0.5, 0.6) is 11.5 Å². The number of ether oxygens (including phenoxy) is 2. The highest BCUT2D eigenvalue weighted by Gasteiger charge is 2.27. The van der Waals surface area contributed by atoms with Gasteiger partial charge in [-0.15, -0.1) is 0 Å². The van der Waals surface area contributed by atoms with Crippen molar-refractivity contribution in [3.63, 3.8) is 0 Å². The van der Waals surface area contributed by atoms with Crippen LogP contribution in [0, 0.1) is 0 Å². The first-order valence-electron chi connectivity index (χ1n) is 6.55. The van der Waals surface area contributed by atoms with Crippen molar-refractivity contribution in [1.82, 2.24) is 5.32 Å². The molecule has 1 aromatic rings. The highest BCUT2D eigenvalue weighted by Crippen LogP contribution is 2.38. The van der Waals surface area contributed by atoms with Gasteiger partial charge in [0.05, 0.1) is 16.5 Å². The number of nitrogens with one attached hydrogen (secondary N) is 1. The lowest BCUT2D eigenvalue weighted by Crippen LogP contribution is -2.29. The predicted molar refractivity (Wildman–Crippen MR) is 76.3 cm³/mol. The van der Waals surface area contributed by atoms with E-state index in [0.717, 1.165) is 5.56 Å². The van der Waals surface area contributed by atoms with Gasteiger partial charge in [0.2, 0.25) is 0 Å². The largest absolute Gasteiger partial charge is 0.486 e. The maximum atomic E-state index is 11.4. The minimum atomic E-state index is -2.86. The standard InChI is InChI=1S/C13H16ClNO4S/c14-11-5-9(6-12-13(11)19-3-2-18-12)7-15-10-1-4-20(16,17)8-10/h5-6,10,15H,1-4,7-8H2. The number of rotatable bonds is 3. The van der Waals surface area contributed by atoms with Gasteiger partial charge in [-0.2, -0.15) is 0 Å². The summed E-state index contributed by atoms with van der Waals surface area (Å²) in [7, 11) is -2.86. The van der Waals surface area contributed by atoms with Gasteiger partial charge in [0.15, 0.2) is 21.3 Å². The van der Waals surface area contributed by atoms with Crippen LogP contribution in [0.4, 0.5) is 0 Å². The molecule has 3 rings (SSSR count). The maximum Gasteiger partial charge on any atom is 0.179 e. The quantitative estimate of drug-likeness (QED) is 0.912. The molecule has 1 N–H and O–H groups in total. The topological polar surface area (TPSA) is 64.6 Å². The van der Waals surface area contributed by atoms with Crippen molar-refractivity contribution in [2.24, 2.45) is 0 Å². The Morgan fingerprint density at radius 1 is 1.30 bits per heavy atom. The Balaban J connectivity index is 1.68. The molecule has 20 heavy (non-hydrogen) atoms. The van der Waals surface area contributed by atoms with Crippen molar-refractivity contribution in [3.8, 4) is 11.5 Å². The highest BCUT2D eigenvalue weighted by atomic mass is 35.5. The average molecular weight is 318 g/mol. The lowest BCUT2D eigenvalue weighted by Gasteiger charge is -2.20. The minimum Gasteiger partial charge on any atom is -0.486 e. The molecule has 1 unspecified atom stereocenters. The third kappa shape index (κ3) is 3.02. The number of benzene rings is 1. The van der Waals surface area contributed by atoms with E-state index in [2.05, 4.69) is 5.32 Å². The summed E-state index contributed by atoms with van der Waals surface area (Å²) in [5.41, 5.74) is 0.962. The molecule has 110 valence electrons. The number of hydrogen-bond acceptors (Lipinski definition) is 5. The van der Waals surface area contributed by atoms with Crippen LogP contribution in [0.2, 0.25) is 5.02 Å². The molecule has 1 aromatic carbocycles. The van der Waals surface area contributed by atoms with E-state index < -0.39 is 9.84 Å². The Labute approximate surface area is 123 Å². The van der Waals surface area contributed by atoms with E-state index in [1.165, 1.54) is 0 Å². The van der Waals surface area contributed by atoms with Crippen LogP contribution in [0.3, 0.4) is 0 Å². The maximum absolute atomic E-state index is 11.4. The summed E-state index contributed by atoms with van der Waals surface area (Å²) >= 11 is 6.16. The van der Waals surface area contributed by atoms with Crippen LogP contribution in [0.15, 0.2) is 12.1 Å². The van der Waals surface area contributed by atoms with Gasteiger partial charge in [0.1, 0.15) is 13.2 Å². The van der Waals surface area contributed by atoms with Crippen LogP contribution in [-0.4, -0.2) is 39.2 Å². The van der Waals surface area contributed by atoms with Crippen molar-refractivity contribution in [1.29, 1.82) is 0 Å². The van der Waals surface area contributed by atoms with Crippen molar-refractivity contribution >= 4 is 21.4 Å². The fourth-order valence-corrected chi connectivity index (χ4v) is 4.48. The molecule has 0 radical (unpaired) electrons. The van der Waals surface area contributed by atoms with E-state index in [1.807, 2.05) is 12.1 Å². The summed E-state index contributed by atoms with van der Waals surface area (Å²) in [4.78, 5) is 0. The molecule has 2 aliphatic heterocycles. The monoisotopic (exact) mass is 317 g/mol. The molecule has 0 aromatic heterocycles. The summed E-state index contributed by atoms with van der Waals surface area (Å²) < 4.78 is 33.8. The van der Waals surface area contributed by atoms with Gasteiger partial charge in [-0.05, 0) is 24.1 Å². The van der Waals surface area contributed by atoms with E-state index in [9.17, 15) is 8.42 Å². The van der Waals surface area contributed by atoms with Crippen LogP contribution in [0.1, 0.15) is 12.0 Å². The van der Waals surface area contributed by atoms with Crippen LogP contribution in [-0.2, 0) is 16.4 Å². The molecule has 2 aliphatic rings. The normalized spacial score (nSPS) is 23.8. The zero-order valence-corrected chi connectivity index (χ0v) is 12.5. The van der Waals surface area contributed by atoms with Crippen molar-refractivity contribution in [2.45, 2.75) is 19.0 Å². The van der Waals surface area contributed by atoms with Crippen LogP contribution >= 0.6 is 11.6 Å². The number of halogens is 1. The Morgan fingerprint density at radius 3 is 2.85 bits per heavy atom. The van der Waals surface area contributed by atoms with E-state index in [4.69, 9.17) is 21.1 Å². The second-order valence-corrected chi connectivity index (χ2v) is 7.72. The van der Waals surface area contributed by atoms with Crippen molar-refractivity contribution < 1.29 is 17.9 Å². The van der Waals surface area contributed by atoms with Gasteiger partial charge in [0.25, 0.3) is 0 Å². The van der Waals surface area contributed by atoms with Gasteiger partial charge in [-0.1, -0.05) is 11.6 Å². The van der Waals surface area contributed by atoms with Crippen molar-refractivity contribution in [3.05, 3.63) is 22.7 Å². The first kappa shape index (κ1) is 14.0. The SMILES string of the molecule is O=S1(=O)CCC(NCc2cc(Cl)c3c(c2)OCCO3)C1. The first-order valence-corrected chi connectivity index (χ1v) is 8.75.